The molecule has 0 rings (SSSR count). The number of hydrogen-bond donors (Lipinski definition) is 1. The first-order valence-electron chi connectivity index (χ1n) is 9.83. The van der Waals surface area contributed by atoms with Gasteiger partial charge in [0.05, 0.1) is 0 Å². The Bertz CT molecular complexity index is 260. The summed E-state index contributed by atoms with van der Waals surface area (Å²) in [4.78, 5) is 12.0. The van der Waals surface area contributed by atoms with E-state index in [4.69, 9.17) is 0 Å². The highest BCUT2D eigenvalue weighted by molar-refractivity contribution is 5.76. The Labute approximate surface area is 139 Å². The van der Waals surface area contributed by atoms with Gasteiger partial charge in [0, 0.05) is 12.0 Å². The molecule has 0 aromatic rings. The predicted molar refractivity (Wildman–Crippen MR) is 98.2 cm³/mol. The van der Waals surface area contributed by atoms with Crippen molar-refractivity contribution in [3.8, 4) is 0 Å². The molecule has 0 heterocycles. The molecule has 2 heteroatoms. The summed E-state index contributed by atoms with van der Waals surface area (Å²) in [7, 11) is 0. The molecule has 0 radical (unpaired) electrons. The number of carbonyl (C=O) groups is 1. The summed E-state index contributed by atoms with van der Waals surface area (Å²) in [5.74, 6) is 0.243. The van der Waals surface area contributed by atoms with Crippen LogP contribution >= 0.6 is 0 Å². The second kappa shape index (κ2) is 14.1. The molecule has 0 unspecified atom stereocenters. The molecule has 0 aliphatic carbocycles. The lowest BCUT2D eigenvalue weighted by Crippen LogP contribution is -2.43. The maximum absolute atomic E-state index is 12.0. The van der Waals surface area contributed by atoms with Crippen LogP contribution in [0.3, 0.4) is 0 Å². The monoisotopic (exact) mass is 311 g/mol. The Morgan fingerprint density at radius 2 is 1.18 bits per heavy atom. The number of nitrogens with one attached hydrogen (secondary N) is 1. The molecule has 0 spiro atoms. The van der Waals surface area contributed by atoms with Crippen LogP contribution < -0.4 is 5.32 Å². The van der Waals surface area contributed by atoms with E-state index in [0.717, 1.165) is 12.8 Å². The zero-order chi connectivity index (χ0) is 16.7. The standard InChI is InChI=1S/C20H41NO/c1-5-7-9-11-12-13-15-17-19(22)21-20(3,4)18-16-14-10-8-6-2/h5-18H2,1-4H3,(H,21,22). The van der Waals surface area contributed by atoms with E-state index in [1.54, 1.807) is 0 Å². The summed E-state index contributed by atoms with van der Waals surface area (Å²) in [6.07, 6.45) is 17.2. The molecule has 132 valence electrons. The Hall–Kier alpha value is -0.530. The van der Waals surface area contributed by atoms with Crippen LogP contribution in [0.25, 0.3) is 0 Å². The number of carbonyl (C=O) groups excluding carboxylic acids is 1. The van der Waals surface area contributed by atoms with Crippen molar-refractivity contribution in [2.24, 2.45) is 0 Å². The molecule has 1 N–H and O–H groups in total. The topological polar surface area (TPSA) is 29.1 Å². The van der Waals surface area contributed by atoms with Crippen LogP contribution in [0.1, 0.15) is 118 Å². The van der Waals surface area contributed by atoms with Gasteiger partial charge in [0.15, 0.2) is 0 Å². The fourth-order valence-corrected chi connectivity index (χ4v) is 2.92. The zero-order valence-electron chi connectivity index (χ0n) is 15.8. The predicted octanol–water partition coefficient (Wildman–Crippen LogP) is 6.38. The molecular weight excluding hydrogens is 270 g/mol. The second-order valence-corrected chi connectivity index (χ2v) is 7.47. The largest absolute Gasteiger partial charge is 0.351 e. The lowest BCUT2D eigenvalue weighted by Gasteiger charge is -2.26. The van der Waals surface area contributed by atoms with Gasteiger partial charge in [-0.25, -0.2) is 0 Å². The third kappa shape index (κ3) is 14.4. The van der Waals surface area contributed by atoms with Crippen molar-refractivity contribution in [1.29, 1.82) is 0 Å². The normalized spacial score (nSPS) is 11.6. The minimum atomic E-state index is -0.0373. The quantitative estimate of drug-likeness (QED) is 0.349. The Kier molecular flexibility index (Phi) is 13.7. The van der Waals surface area contributed by atoms with Crippen molar-refractivity contribution in [2.75, 3.05) is 0 Å². The summed E-state index contributed by atoms with van der Waals surface area (Å²) >= 11 is 0. The van der Waals surface area contributed by atoms with Gasteiger partial charge in [-0.1, -0.05) is 84.5 Å². The Morgan fingerprint density at radius 1 is 0.727 bits per heavy atom. The van der Waals surface area contributed by atoms with Crippen LogP contribution in [-0.4, -0.2) is 11.4 Å². The van der Waals surface area contributed by atoms with E-state index in [0.29, 0.717) is 6.42 Å². The van der Waals surface area contributed by atoms with Gasteiger partial charge >= 0.3 is 0 Å². The lowest BCUT2D eigenvalue weighted by atomic mass is 9.95. The summed E-state index contributed by atoms with van der Waals surface area (Å²) in [5, 5.41) is 3.22. The van der Waals surface area contributed by atoms with Gasteiger partial charge in [0.2, 0.25) is 5.91 Å². The lowest BCUT2D eigenvalue weighted by molar-refractivity contribution is -0.122. The first-order valence-corrected chi connectivity index (χ1v) is 9.83. The Morgan fingerprint density at radius 3 is 1.73 bits per heavy atom. The number of rotatable bonds is 15. The minimum Gasteiger partial charge on any atom is -0.351 e. The van der Waals surface area contributed by atoms with Crippen molar-refractivity contribution in [1.82, 2.24) is 5.32 Å². The van der Waals surface area contributed by atoms with Crippen molar-refractivity contribution in [3.05, 3.63) is 0 Å². The Balaban J connectivity index is 3.58. The molecule has 0 saturated heterocycles. The number of amides is 1. The van der Waals surface area contributed by atoms with E-state index in [9.17, 15) is 4.79 Å². The van der Waals surface area contributed by atoms with Crippen LogP contribution in [-0.2, 0) is 4.79 Å². The van der Waals surface area contributed by atoms with E-state index in [1.165, 1.54) is 70.6 Å². The average molecular weight is 312 g/mol. The highest BCUT2D eigenvalue weighted by atomic mass is 16.1. The van der Waals surface area contributed by atoms with E-state index >= 15 is 0 Å². The maximum Gasteiger partial charge on any atom is 0.220 e. The van der Waals surface area contributed by atoms with Gasteiger partial charge in [-0.05, 0) is 26.7 Å². The van der Waals surface area contributed by atoms with E-state index in [2.05, 4.69) is 33.0 Å². The summed E-state index contributed by atoms with van der Waals surface area (Å²) in [6, 6.07) is 0. The molecule has 0 aliphatic heterocycles. The van der Waals surface area contributed by atoms with Gasteiger partial charge in [-0.3, -0.25) is 4.79 Å². The van der Waals surface area contributed by atoms with Gasteiger partial charge in [-0.2, -0.15) is 0 Å². The fourth-order valence-electron chi connectivity index (χ4n) is 2.92. The molecule has 0 atom stereocenters. The van der Waals surface area contributed by atoms with Crippen LogP contribution in [0.15, 0.2) is 0 Å². The van der Waals surface area contributed by atoms with Crippen LogP contribution in [0.5, 0.6) is 0 Å². The van der Waals surface area contributed by atoms with Gasteiger partial charge in [-0.15, -0.1) is 0 Å². The van der Waals surface area contributed by atoms with Crippen molar-refractivity contribution in [2.45, 2.75) is 123 Å². The highest BCUT2D eigenvalue weighted by Gasteiger charge is 2.19. The fraction of sp³-hybridized carbons (Fsp3) is 0.950. The number of hydrogen-bond acceptors (Lipinski definition) is 1. The molecule has 0 fully saturated rings. The zero-order valence-corrected chi connectivity index (χ0v) is 15.8. The van der Waals surface area contributed by atoms with E-state index < -0.39 is 0 Å². The molecule has 2 nitrogen and oxygen atoms in total. The van der Waals surface area contributed by atoms with Crippen LogP contribution in [0, 0.1) is 0 Å². The van der Waals surface area contributed by atoms with Crippen LogP contribution in [0.2, 0.25) is 0 Å². The molecule has 0 aliphatic rings. The van der Waals surface area contributed by atoms with Gasteiger partial charge in [0.25, 0.3) is 0 Å². The van der Waals surface area contributed by atoms with Gasteiger partial charge < -0.3 is 5.32 Å². The average Bonchev–Trinajstić information content (AvgIpc) is 2.45. The smallest absolute Gasteiger partial charge is 0.220 e. The third-order valence-electron chi connectivity index (χ3n) is 4.39. The molecule has 1 amide bonds. The summed E-state index contributed by atoms with van der Waals surface area (Å²) < 4.78 is 0. The first kappa shape index (κ1) is 21.5. The molecular formula is C20H41NO. The minimum absolute atomic E-state index is 0.0373. The second-order valence-electron chi connectivity index (χ2n) is 7.47. The van der Waals surface area contributed by atoms with Crippen molar-refractivity contribution in [3.63, 3.8) is 0 Å². The highest BCUT2D eigenvalue weighted by Crippen LogP contribution is 2.16. The first-order chi connectivity index (χ1) is 10.5. The van der Waals surface area contributed by atoms with Gasteiger partial charge in [0.1, 0.15) is 0 Å². The molecule has 0 bridgehead atoms. The summed E-state index contributed by atoms with van der Waals surface area (Å²) in [6.45, 7) is 8.81. The molecule has 22 heavy (non-hydrogen) atoms. The third-order valence-corrected chi connectivity index (χ3v) is 4.39. The maximum atomic E-state index is 12.0. The molecule has 0 aromatic carbocycles. The van der Waals surface area contributed by atoms with E-state index in [-0.39, 0.29) is 11.4 Å². The SMILES string of the molecule is CCCCCCCCCC(=O)NC(C)(C)CCCCCCC. The van der Waals surface area contributed by atoms with Crippen LogP contribution in [0.4, 0.5) is 0 Å². The molecule has 0 aromatic heterocycles. The number of unbranched alkanes of at least 4 members (excludes halogenated alkanes) is 10. The van der Waals surface area contributed by atoms with Crippen molar-refractivity contribution >= 4 is 5.91 Å². The van der Waals surface area contributed by atoms with E-state index in [1.807, 2.05) is 0 Å². The van der Waals surface area contributed by atoms with Crippen molar-refractivity contribution < 1.29 is 4.79 Å². The summed E-state index contributed by atoms with van der Waals surface area (Å²) in [5.41, 5.74) is -0.0373. The molecule has 0 saturated carbocycles.